The fraction of sp³-hybridized carbons (Fsp3) is 0.552. The fourth-order valence-electron chi connectivity index (χ4n) is 6.59. The number of halogens is 2. The zero-order chi connectivity index (χ0) is 28.8. The van der Waals surface area contributed by atoms with Crippen molar-refractivity contribution >= 4 is 32.7 Å². The fourth-order valence-corrected chi connectivity index (χ4v) is 8.73. The molecule has 1 unspecified atom stereocenters. The summed E-state index contributed by atoms with van der Waals surface area (Å²) in [6.45, 7) is 5.69. The Morgan fingerprint density at radius 1 is 1.12 bits per heavy atom. The number of rotatable bonds is 9. The summed E-state index contributed by atoms with van der Waals surface area (Å²) in [6, 6.07) is 9.62. The lowest BCUT2D eigenvalue weighted by atomic mass is 9.80. The molecular weight excluding hydrogens is 554 g/mol. The normalized spacial score (nSPS) is 22.4. The summed E-state index contributed by atoms with van der Waals surface area (Å²) in [4.78, 5) is 16.4. The molecule has 7 nitrogen and oxygen atoms in total. The molecule has 2 aliphatic rings. The van der Waals surface area contributed by atoms with Gasteiger partial charge in [-0.1, -0.05) is 18.2 Å². The molecule has 0 aliphatic heterocycles. The number of alkyl halides is 2. The average molecular weight is 593 g/mol. The Kier molecular flexibility index (Phi) is 8.22. The van der Waals surface area contributed by atoms with E-state index in [1.807, 2.05) is 43.5 Å². The highest BCUT2D eigenvalue weighted by Gasteiger charge is 2.46. The molecule has 2 heterocycles. The summed E-state index contributed by atoms with van der Waals surface area (Å²) in [5.41, 5.74) is 2.36. The Labute approximate surface area is 238 Å². The van der Waals surface area contributed by atoms with E-state index in [9.17, 15) is 22.0 Å². The maximum atomic E-state index is 13.8. The van der Waals surface area contributed by atoms with Crippen molar-refractivity contribution in [3.8, 4) is 0 Å². The summed E-state index contributed by atoms with van der Waals surface area (Å²) in [6.07, 6.45) is 5.46. The molecule has 3 aromatic rings. The first-order valence-corrected chi connectivity index (χ1v) is 16.6. The number of pyridine rings is 1. The maximum Gasteiger partial charge on any atom is 0.253 e. The van der Waals surface area contributed by atoms with Crippen LogP contribution in [-0.4, -0.2) is 42.2 Å². The van der Waals surface area contributed by atoms with Crippen LogP contribution in [0.4, 0.5) is 8.78 Å². The third-order valence-corrected chi connectivity index (χ3v) is 11.1. The number of nitrogens with one attached hydrogen (secondary N) is 3. The minimum absolute atomic E-state index is 0.0610. The van der Waals surface area contributed by atoms with Crippen molar-refractivity contribution < 1.29 is 17.2 Å². The van der Waals surface area contributed by atoms with Crippen LogP contribution in [0.25, 0.3) is 10.9 Å². The molecule has 0 bridgehead atoms. The summed E-state index contributed by atoms with van der Waals surface area (Å²) in [5.74, 6) is -2.18. The lowest BCUT2D eigenvalue weighted by Crippen LogP contribution is -2.52. The zero-order valence-electron chi connectivity index (χ0n) is 23.4. The Morgan fingerprint density at radius 3 is 2.45 bits per heavy atom. The number of aromatic nitrogens is 2. The highest BCUT2D eigenvalue weighted by molar-refractivity contribution is 7.98. The molecule has 11 heteroatoms. The van der Waals surface area contributed by atoms with Gasteiger partial charge in [0.05, 0.1) is 0 Å². The van der Waals surface area contributed by atoms with Crippen molar-refractivity contribution in [1.82, 2.24) is 19.6 Å². The van der Waals surface area contributed by atoms with Crippen molar-refractivity contribution in [2.45, 2.75) is 99.7 Å². The highest BCUT2D eigenvalue weighted by atomic mass is 32.2. The molecular formula is C29H38F2N4O3S2. The third-order valence-electron chi connectivity index (χ3n) is 8.68. The van der Waals surface area contributed by atoms with E-state index in [4.69, 9.17) is 0 Å². The second kappa shape index (κ2) is 11.2. The molecule has 0 saturated heterocycles. The van der Waals surface area contributed by atoms with E-state index in [-0.39, 0.29) is 48.0 Å². The van der Waals surface area contributed by atoms with E-state index in [2.05, 4.69) is 26.5 Å². The van der Waals surface area contributed by atoms with Crippen molar-refractivity contribution in [3.05, 3.63) is 57.6 Å². The van der Waals surface area contributed by atoms with Gasteiger partial charge in [-0.25, -0.2) is 21.9 Å². The predicted molar refractivity (Wildman–Crippen MR) is 156 cm³/mol. The van der Waals surface area contributed by atoms with E-state index < -0.39 is 15.9 Å². The van der Waals surface area contributed by atoms with Gasteiger partial charge in [0.15, 0.2) is 0 Å². The number of para-hydroxylation sites is 1. The van der Waals surface area contributed by atoms with Gasteiger partial charge >= 0.3 is 0 Å². The molecule has 2 fully saturated rings. The minimum Gasteiger partial charge on any atom is -0.340 e. The minimum atomic E-state index is -3.94. The Hall–Kier alpha value is -2.21. The molecule has 3 N–H and O–H groups in total. The van der Waals surface area contributed by atoms with Crippen LogP contribution in [0, 0.1) is 19.8 Å². The van der Waals surface area contributed by atoms with Crippen LogP contribution in [0.15, 0.2) is 44.9 Å². The van der Waals surface area contributed by atoms with Crippen LogP contribution in [0.1, 0.15) is 68.4 Å². The summed E-state index contributed by atoms with van der Waals surface area (Å²) in [5, 5.41) is 4.07. The molecule has 5 rings (SSSR count). The lowest BCUT2D eigenvalue weighted by molar-refractivity contribution is -0.0957. The summed E-state index contributed by atoms with van der Waals surface area (Å²) in [7, 11) is -3.94. The lowest BCUT2D eigenvalue weighted by Gasteiger charge is -2.41. The quantitative estimate of drug-likeness (QED) is 0.279. The van der Waals surface area contributed by atoms with E-state index >= 15 is 0 Å². The molecule has 218 valence electrons. The number of fused-ring (bicyclic) bond motifs is 1. The van der Waals surface area contributed by atoms with Gasteiger partial charge in [0.2, 0.25) is 10.0 Å². The number of nitrogens with zero attached hydrogens (tertiary/aromatic N) is 1. The molecule has 40 heavy (non-hydrogen) atoms. The van der Waals surface area contributed by atoms with Gasteiger partial charge in [-0.15, -0.1) is 11.8 Å². The van der Waals surface area contributed by atoms with Crippen LogP contribution in [0.3, 0.4) is 0 Å². The van der Waals surface area contributed by atoms with Crippen LogP contribution in [-0.2, 0) is 16.6 Å². The number of H-pyrrole nitrogens is 1. The van der Waals surface area contributed by atoms with Gasteiger partial charge in [-0.3, -0.25) is 4.79 Å². The first-order valence-electron chi connectivity index (χ1n) is 13.9. The summed E-state index contributed by atoms with van der Waals surface area (Å²) >= 11 is 1.41. The van der Waals surface area contributed by atoms with Gasteiger partial charge < -0.3 is 14.9 Å². The number of thioether (sulfide) groups is 1. The van der Waals surface area contributed by atoms with E-state index in [0.29, 0.717) is 22.6 Å². The van der Waals surface area contributed by atoms with E-state index in [1.165, 1.54) is 11.8 Å². The van der Waals surface area contributed by atoms with E-state index in [0.717, 1.165) is 41.8 Å². The standard InChI is InChI=1S/C29H38F2N4O3S2/c1-17-13-26(39-4)24(28(36)33-17)16-32-40(37,38)27-19(3)35(25-8-6-5-7-23(25)27)18(2)20-9-11-21(12-10-20)34-22-14-29(30,31)15-22/h5-8,13,18,20-22,32,34H,9-12,14-16H2,1-4H3,(H,33,36). The van der Waals surface area contributed by atoms with Crippen LogP contribution >= 0.6 is 11.8 Å². The molecule has 2 aromatic heterocycles. The molecule has 0 radical (unpaired) electrons. The predicted octanol–water partition coefficient (Wildman–Crippen LogP) is 5.65. The first-order chi connectivity index (χ1) is 18.9. The Balaban J connectivity index is 1.36. The Morgan fingerprint density at radius 2 is 1.80 bits per heavy atom. The Bertz CT molecular complexity index is 1550. The van der Waals surface area contributed by atoms with Crippen LogP contribution < -0.4 is 15.6 Å². The number of aromatic amines is 1. The molecule has 2 saturated carbocycles. The number of aryl methyl sites for hydroxylation is 1. The van der Waals surface area contributed by atoms with Gasteiger partial charge in [0.1, 0.15) is 4.90 Å². The van der Waals surface area contributed by atoms with Crippen molar-refractivity contribution in [1.29, 1.82) is 0 Å². The monoisotopic (exact) mass is 592 g/mol. The second-order valence-electron chi connectivity index (χ2n) is 11.4. The highest BCUT2D eigenvalue weighted by Crippen LogP contribution is 2.41. The maximum absolute atomic E-state index is 13.8. The van der Waals surface area contributed by atoms with Gasteiger partial charge in [0, 0.05) is 70.3 Å². The zero-order valence-corrected chi connectivity index (χ0v) is 25.0. The number of hydrogen-bond donors (Lipinski definition) is 3. The van der Waals surface area contributed by atoms with Gasteiger partial charge in [-0.05, 0) is 70.8 Å². The average Bonchev–Trinajstić information content (AvgIpc) is 3.19. The van der Waals surface area contributed by atoms with Crippen molar-refractivity contribution in [2.24, 2.45) is 5.92 Å². The largest absolute Gasteiger partial charge is 0.340 e. The van der Waals surface area contributed by atoms with Gasteiger partial charge in [-0.2, -0.15) is 0 Å². The third kappa shape index (κ3) is 5.75. The van der Waals surface area contributed by atoms with Crippen molar-refractivity contribution in [2.75, 3.05) is 6.26 Å². The first kappa shape index (κ1) is 29.3. The SMILES string of the molecule is CSc1cc(C)[nH]c(=O)c1CNS(=O)(=O)c1c(C)n(C(C)C2CCC(NC3CC(F)(F)C3)CC2)c2ccccc12. The molecule has 1 aromatic carbocycles. The molecule has 0 amide bonds. The number of hydrogen-bond acceptors (Lipinski definition) is 5. The topological polar surface area (TPSA) is 96.0 Å². The van der Waals surface area contributed by atoms with Crippen LogP contribution in [0.2, 0.25) is 0 Å². The number of sulfonamides is 1. The van der Waals surface area contributed by atoms with Crippen LogP contribution in [0.5, 0.6) is 0 Å². The smallest absolute Gasteiger partial charge is 0.253 e. The summed E-state index contributed by atoms with van der Waals surface area (Å²) < 4.78 is 58.8. The van der Waals surface area contributed by atoms with Crippen molar-refractivity contribution in [3.63, 3.8) is 0 Å². The molecule has 1 atom stereocenters. The number of benzene rings is 1. The van der Waals surface area contributed by atoms with Gasteiger partial charge in [0.25, 0.3) is 11.5 Å². The van der Waals surface area contributed by atoms with E-state index in [1.54, 1.807) is 6.92 Å². The molecule has 2 aliphatic carbocycles. The second-order valence-corrected chi connectivity index (χ2v) is 14.0. The molecule has 0 spiro atoms.